The normalized spacial score (nSPS) is 10.8. The lowest BCUT2D eigenvalue weighted by Crippen LogP contribution is -2.00. The lowest BCUT2D eigenvalue weighted by molar-refractivity contribution is -0.385. The van der Waals surface area contributed by atoms with E-state index in [4.69, 9.17) is 10.00 Å². The van der Waals surface area contributed by atoms with Crippen LogP contribution in [0.2, 0.25) is 0 Å². The van der Waals surface area contributed by atoms with Gasteiger partial charge in [0.15, 0.2) is 9.84 Å². The van der Waals surface area contributed by atoms with Crippen molar-refractivity contribution in [3.05, 3.63) is 58.1 Å². The van der Waals surface area contributed by atoms with Gasteiger partial charge in [0.1, 0.15) is 5.75 Å². The molecule has 0 N–H and O–H groups in total. The maximum Gasteiger partial charge on any atom is 0.312 e. The van der Waals surface area contributed by atoms with E-state index < -0.39 is 20.4 Å². The Hall–Kier alpha value is -2.92. The minimum Gasteiger partial charge on any atom is -0.450 e. The molecule has 0 aliphatic heterocycles. The summed E-state index contributed by atoms with van der Waals surface area (Å²) in [6.45, 7) is 0. The molecule has 118 valence electrons. The molecule has 2 rings (SSSR count). The molecule has 0 amide bonds. The minimum atomic E-state index is -3.55. The van der Waals surface area contributed by atoms with Crippen molar-refractivity contribution >= 4 is 15.5 Å². The van der Waals surface area contributed by atoms with Gasteiger partial charge in [-0.15, -0.1) is 0 Å². The number of nitro benzene ring substituents is 1. The number of ether oxygens (including phenoxy) is 1. The number of nitrogens with zero attached hydrogens (tertiary/aromatic N) is 2. The fraction of sp³-hybridized carbons (Fsp3) is 0.133. The summed E-state index contributed by atoms with van der Waals surface area (Å²) in [5.41, 5.74) is 0.357. The van der Waals surface area contributed by atoms with Crippen LogP contribution in [-0.4, -0.2) is 19.6 Å². The smallest absolute Gasteiger partial charge is 0.312 e. The largest absolute Gasteiger partial charge is 0.450 e. The first-order valence-electron chi connectivity index (χ1n) is 6.43. The highest BCUT2D eigenvalue weighted by molar-refractivity contribution is 7.90. The Labute approximate surface area is 132 Å². The van der Waals surface area contributed by atoms with Crippen molar-refractivity contribution in [3.63, 3.8) is 0 Å². The van der Waals surface area contributed by atoms with E-state index in [-0.39, 0.29) is 17.1 Å². The topological polar surface area (TPSA) is 110 Å². The Morgan fingerprint density at radius 3 is 2.39 bits per heavy atom. The minimum absolute atomic E-state index is 0.0598. The van der Waals surface area contributed by atoms with Crippen LogP contribution in [0.25, 0.3) is 0 Å². The number of nitriles is 1. The highest BCUT2D eigenvalue weighted by Gasteiger charge is 2.20. The predicted octanol–water partition coefficient (Wildman–Crippen LogP) is 2.86. The second-order valence-electron chi connectivity index (χ2n) is 4.74. The Bertz CT molecular complexity index is 883. The van der Waals surface area contributed by atoms with Crippen molar-refractivity contribution in [2.45, 2.75) is 11.3 Å². The monoisotopic (exact) mass is 332 g/mol. The first kappa shape index (κ1) is 16.5. The third-order valence-electron chi connectivity index (χ3n) is 2.99. The van der Waals surface area contributed by atoms with Gasteiger partial charge in [-0.05, 0) is 29.8 Å². The van der Waals surface area contributed by atoms with Crippen molar-refractivity contribution < 1.29 is 18.1 Å². The molecular weight excluding hydrogens is 320 g/mol. The standard InChI is InChI=1S/C15H12N2O5S/c1-23(20,21)13-6-7-15(14(10-13)17(18)19)22-12-4-2-11(3-5-12)8-9-16/h2-7,10H,8H2,1H3. The van der Waals surface area contributed by atoms with E-state index in [9.17, 15) is 18.5 Å². The van der Waals surface area contributed by atoms with Crippen LogP contribution < -0.4 is 4.74 Å². The Morgan fingerprint density at radius 2 is 1.87 bits per heavy atom. The maximum absolute atomic E-state index is 11.5. The molecule has 8 heteroatoms. The summed E-state index contributed by atoms with van der Waals surface area (Å²) >= 11 is 0. The third kappa shape index (κ3) is 4.05. The van der Waals surface area contributed by atoms with Crippen molar-refractivity contribution in [3.8, 4) is 17.6 Å². The second kappa shape index (κ2) is 6.46. The van der Waals surface area contributed by atoms with Gasteiger partial charge < -0.3 is 4.74 Å². The van der Waals surface area contributed by atoms with E-state index in [1.54, 1.807) is 24.3 Å². The molecule has 0 aliphatic carbocycles. The number of hydrogen-bond donors (Lipinski definition) is 0. The number of benzene rings is 2. The van der Waals surface area contributed by atoms with Crippen LogP contribution in [0, 0.1) is 21.4 Å². The van der Waals surface area contributed by atoms with Crippen LogP contribution in [0.15, 0.2) is 47.4 Å². The molecule has 0 bridgehead atoms. The lowest BCUT2D eigenvalue weighted by Gasteiger charge is -2.08. The van der Waals surface area contributed by atoms with Crippen LogP contribution in [0.4, 0.5) is 5.69 Å². The summed E-state index contributed by atoms with van der Waals surface area (Å²) in [5.74, 6) is 0.289. The first-order valence-corrected chi connectivity index (χ1v) is 8.32. The number of sulfone groups is 1. The molecule has 0 heterocycles. The fourth-order valence-corrected chi connectivity index (χ4v) is 2.49. The number of nitro groups is 1. The zero-order valence-electron chi connectivity index (χ0n) is 12.1. The van der Waals surface area contributed by atoms with Gasteiger partial charge in [0.2, 0.25) is 5.75 Å². The maximum atomic E-state index is 11.5. The fourth-order valence-electron chi connectivity index (χ4n) is 1.85. The van der Waals surface area contributed by atoms with Crippen molar-refractivity contribution in [1.82, 2.24) is 0 Å². The molecule has 0 saturated heterocycles. The molecule has 23 heavy (non-hydrogen) atoms. The average Bonchev–Trinajstić information content (AvgIpc) is 2.48. The van der Waals surface area contributed by atoms with Gasteiger partial charge in [-0.2, -0.15) is 5.26 Å². The zero-order valence-corrected chi connectivity index (χ0v) is 12.9. The highest BCUT2D eigenvalue weighted by atomic mass is 32.2. The quantitative estimate of drug-likeness (QED) is 0.615. The van der Waals surface area contributed by atoms with E-state index in [0.717, 1.165) is 17.9 Å². The average molecular weight is 332 g/mol. The van der Waals surface area contributed by atoms with Crippen molar-refractivity contribution in [1.29, 1.82) is 5.26 Å². The SMILES string of the molecule is CS(=O)(=O)c1ccc(Oc2ccc(CC#N)cc2)c([N+](=O)[O-])c1. The molecule has 0 saturated carbocycles. The molecule has 0 spiro atoms. The summed E-state index contributed by atoms with van der Waals surface area (Å²) in [6, 6.07) is 12.0. The Kier molecular flexibility index (Phi) is 4.62. The van der Waals surface area contributed by atoms with Gasteiger partial charge in [-0.3, -0.25) is 10.1 Å². The van der Waals surface area contributed by atoms with E-state index >= 15 is 0 Å². The summed E-state index contributed by atoms with van der Waals surface area (Å²) in [6.07, 6.45) is 1.23. The summed E-state index contributed by atoms with van der Waals surface area (Å²) in [7, 11) is -3.55. The first-order chi connectivity index (χ1) is 10.8. The summed E-state index contributed by atoms with van der Waals surface area (Å²) < 4.78 is 28.4. The molecule has 0 unspecified atom stereocenters. The Balaban J connectivity index is 2.36. The van der Waals surface area contributed by atoms with Gasteiger partial charge in [-0.1, -0.05) is 12.1 Å². The lowest BCUT2D eigenvalue weighted by atomic mass is 10.2. The van der Waals surface area contributed by atoms with E-state index in [1.807, 2.05) is 6.07 Å². The highest BCUT2D eigenvalue weighted by Crippen LogP contribution is 2.33. The summed E-state index contributed by atoms with van der Waals surface area (Å²) in [5, 5.41) is 19.7. The van der Waals surface area contributed by atoms with Gasteiger partial charge in [0.25, 0.3) is 0 Å². The second-order valence-corrected chi connectivity index (χ2v) is 6.76. The van der Waals surface area contributed by atoms with Crippen LogP contribution in [0.3, 0.4) is 0 Å². The number of hydrogen-bond acceptors (Lipinski definition) is 6. The molecule has 0 aliphatic rings. The van der Waals surface area contributed by atoms with Crippen LogP contribution in [0.1, 0.15) is 5.56 Å². The van der Waals surface area contributed by atoms with Crippen LogP contribution in [0.5, 0.6) is 11.5 Å². The molecular formula is C15H12N2O5S. The molecule has 0 aromatic heterocycles. The molecule has 0 fully saturated rings. The molecule has 7 nitrogen and oxygen atoms in total. The van der Waals surface area contributed by atoms with Gasteiger partial charge in [0.05, 0.1) is 22.3 Å². The van der Waals surface area contributed by atoms with Gasteiger partial charge >= 0.3 is 5.69 Å². The third-order valence-corrected chi connectivity index (χ3v) is 4.10. The molecule has 0 atom stereocenters. The predicted molar refractivity (Wildman–Crippen MR) is 82.0 cm³/mol. The van der Waals surface area contributed by atoms with Crippen molar-refractivity contribution in [2.75, 3.05) is 6.26 Å². The molecule has 2 aromatic carbocycles. The van der Waals surface area contributed by atoms with E-state index in [2.05, 4.69) is 0 Å². The van der Waals surface area contributed by atoms with E-state index in [0.29, 0.717) is 5.75 Å². The van der Waals surface area contributed by atoms with Gasteiger partial charge in [0, 0.05) is 12.3 Å². The van der Waals surface area contributed by atoms with E-state index in [1.165, 1.54) is 12.1 Å². The zero-order chi connectivity index (χ0) is 17.0. The van der Waals surface area contributed by atoms with Crippen molar-refractivity contribution in [2.24, 2.45) is 0 Å². The van der Waals surface area contributed by atoms with Crippen LogP contribution in [-0.2, 0) is 16.3 Å². The number of rotatable bonds is 5. The summed E-state index contributed by atoms with van der Waals surface area (Å²) in [4.78, 5) is 10.3. The molecule has 0 radical (unpaired) electrons. The molecule has 2 aromatic rings. The Morgan fingerprint density at radius 1 is 1.22 bits per heavy atom. The van der Waals surface area contributed by atoms with Gasteiger partial charge in [-0.25, -0.2) is 8.42 Å². The van der Waals surface area contributed by atoms with Crippen LogP contribution >= 0.6 is 0 Å².